The Balaban J connectivity index is 2.55. The first-order valence-electron chi connectivity index (χ1n) is 4.70. The molecule has 0 atom stereocenters. The number of hydrogen-bond donors (Lipinski definition) is 2. The fourth-order valence-corrected chi connectivity index (χ4v) is 1.64. The minimum Gasteiger partial charge on any atom is -0.481 e. The Morgan fingerprint density at radius 3 is 2.62 bits per heavy atom. The van der Waals surface area contributed by atoms with Gasteiger partial charge in [-0.2, -0.15) is 0 Å². The third kappa shape index (κ3) is 2.10. The predicted molar refractivity (Wildman–Crippen MR) is 49.4 cm³/mol. The van der Waals surface area contributed by atoms with Gasteiger partial charge in [-0.25, -0.2) is 0 Å². The van der Waals surface area contributed by atoms with E-state index in [1.54, 1.807) is 6.08 Å². The summed E-state index contributed by atoms with van der Waals surface area (Å²) in [6.07, 6.45) is 5.87. The Morgan fingerprint density at radius 2 is 2.23 bits per heavy atom. The van der Waals surface area contributed by atoms with Gasteiger partial charge in [0.25, 0.3) is 0 Å². The summed E-state index contributed by atoms with van der Waals surface area (Å²) in [6.45, 7) is 2.05. The molecule has 3 heteroatoms. The molecule has 0 aromatic rings. The molecule has 0 aliphatic heterocycles. The first-order chi connectivity index (χ1) is 6.10. The molecule has 74 valence electrons. The van der Waals surface area contributed by atoms with Crippen molar-refractivity contribution in [2.45, 2.75) is 38.7 Å². The third-order valence-corrected chi connectivity index (χ3v) is 2.52. The van der Waals surface area contributed by atoms with Crippen LogP contribution >= 0.6 is 0 Å². The molecule has 0 bridgehead atoms. The van der Waals surface area contributed by atoms with Gasteiger partial charge in [-0.1, -0.05) is 25.5 Å². The van der Waals surface area contributed by atoms with E-state index >= 15 is 0 Å². The van der Waals surface area contributed by atoms with Crippen molar-refractivity contribution >= 4 is 5.97 Å². The number of aliphatic hydroxyl groups is 1. The van der Waals surface area contributed by atoms with Crippen LogP contribution in [0.1, 0.15) is 32.6 Å². The minimum absolute atomic E-state index is 0.364. The Labute approximate surface area is 78.1 Å². The first-order valence-corrected chi connectivity index (χ1v) is 4.70. The van der Waals surface area contributed by atoms with E-state index in [4.69, 9.17) is 10.2 Å². The summed E-state index contributed by atoms with van der Waals surface area (Å²) in [5.41, 5.74) is -0.769. The van der Waals surface area contributed by atoms with Crippen molar-refractivity contribution in [3.63, 3.8) is 0 Å². The molecule has 0 unspecified atom stereocenters. The summed E-state index contributed by atoms with van der Waals surface area (Å²) in [5, 5.41) is 18.0. The maximum atomic E-state index is 10.9. The van der Waals surface area contributed by atoms with Gasteiger partial charge in [0, 0.05) is 0 Å². The van der Waals surface area contributed by atoms with Gasteiger partial charge in [-0.15, -0.1) is 0 Å². The number of carboxylic acids is 1. The van der Waals surface area contributed by atoms with Crippen molar-refractivity contribution in [1.82, 2.24) is 0 Å². The van der Waals surface area contributed by atoms with Gasteiger partial charge < -0.3 is 10.2 Å². The normalized spacial score (nSPS) is 33.2. The van der Waals surface area contributed by atoms with Gasteiger partial charge in [0.05, 0.1) is 11.5 Å². The van der Waals surface area contributed by atoms with E-state index in [1.165, 1.54) is 0 Å². The maximum Gasteiger partial charge on any atom is 0.313 e. The highest BCUT2D eigenvalue weighted by Crippen LogP contribution is 2.42. The third-order valence-electron chi connectivity index (χ3n) is 2.52. The van der Waals surface area contributed by atoms with E-state index < -0.39 is 17.5 Å². The Kier molecular flexibility index (Phi) is 3.09. The molecule has 0 spiro atoms. The van der Waals surface area contributed by atoms with Crippen LogP contribution in [0.15, 0.2) is 12.2 Å². The SMILES string of the molecule is CCC/C=C/C1(C(=O)O)CC(O)C1. The second-order valence-electron chi connectivity index (χ2n) is 3.71. The Hall–Kier alpha value is -0.830. The van der Waals surface area contributed by atoms with Crippen LogP contribution in [0, 0.1) is 5.41 Å². The lowest BCUT2D eigenvalue weighted by molar-refractivity contribution is -0.156. The van der Waals surface area contributed by atoms with Crippen molar-refractivity contribution < 1.29 is 15.0 Å². The van der Waals surface area contributed by atoms with Gasteiger partial charge in [0.1, 0.15) is 0 Å². The second kappa shape index (κ2) is 3.92. The van der Waals surface area contributed by atoms with E-state index in [-0.39, 0.29) is 0 Å². The number of carbonyl (C=O) groups is 1. The molecule has 1 aliphatic rings. The molecule has 0 heterocycles. The van der Waals surface area contributed by atoms with Gasteiger partial charge in [-0.3, -0.25) is 4.79 Å². The van der Waals surface area contributed by atoms with Crippen LogP contribution in [0.2, 0.25) is 0 Å². The maximum absolute atomic E-state index is 10.9. The van der Waals surface area contributed by atoms with Gasteiger partial charge in [-0.05, 0) is 19.3 Å². The van der Waals surface area contributed by atoms with Crippen molar-refractivity contribution in [2.24, 2.45) is 5.41 Å². The quantitative estimate of drug-likeness (QED) is 0.652. The van der Waals surface area contributed by atoms with E-state index in [9.17, 15) is 4.79 Å². The fourth-order valence-electron chi connectivity index (χ4n) is 1.64. The summed E-state index contributed by atoms with van der Waals surface area (Å²) in [4.78, 5) is 10.9. The minimum atomic E-state index is -0.815. The molecule has 2 N–H and O–H groups in total. The molecule has 13 heavy (non-hydrogen) atoms. The van der Waals surface area contributed by atoms with E-state index in [2.05, 4.69) is 0 Å². The molecule has 3 nitrogen and oxygen atoms in total. The monoisotopic (exact) mass is 184 g/mol. The number of carboxylic acid groups (broad SMARTS) is 1. The number of allylic oxidation sites excluding steroid dienone is 1. The molecule has 1 fully saturated rings. The molecule has 0 aromatic heterocycles. The number of hydrogen-bond acceptors (Lipinski definition) is 2. The Bertz CT molecular complexity index is 214. The Morgan fingerprint density at radius 1 is 1.62 bits per heavy atom. The standard InChI is InChI=1S/C10H16O3/c1-2-3-4-5-10(9(12)13)6-8(11)7-10/h4-5,8,11H,2-3,6-7H2,1H3,(H,12,13)/b5-4+. The highest BCUT2D eigenvalue weighted by atomic mass is 16.4. The number of aliphatic carboxylic acids is 1. The van der Waals surface area contributed by atoms with Gasteiger partial charge >= 0.3 is 5.97 Å². The van der Waals surface area contributed by atoms with Crippen LogP contribution in [-0.4, -0.2) is 22.3 Å². The first kappa shape index (κ1) is 10.3. The van der Waals surface area contributed by atoms with Crippen LogP contribution in [0.3, 0.4) is 0 Å². The number of aliphatic hydroxyl groups excluding tert-OH is 1. The summed E-state index contributed by atoms with van der Waals surface area (Å²) < 4.78 is 0. The molecule has 0 radical (unpaired) electrons. The zero-order valence-electron chi connectivity index (χ0n) is 7.86. The topological polar surface area (TPSA) is 57.5 Å². The lowest BCUT2D eigenvalue weighted by atomic mass is 9.66. The summed E-state index contributed by atoms with van der Waals surface area (Å²) in [7, 11) is 0. The molecule has 0 aromatic carbocycles. The highest BCUT2D eigenvalue weighted by Gasteiger charge is 2.47. The van der Waals surface area contributed by atoms with Crippen molar-refractivity contribution in [3.8, 4) is 0 Å². The van der Waals surface area contributed by atoms with Crippen LogP contribution in [0.5, 0.6) is 0 Å². The van der Waals surface area contributed by atoms with Crippen LogP contribution in [0.4, 0.5) is 0 Å². The van der Waals surface area contributed by atoms with E-state index in [0.29, 0.717) is 12.8 Å². The average molecular weight is 184 g/mol. The van der Waals surface area contributed by atoms with Gasteiger partial charge in [0.2, 0.25) is 0 Å². The number of rotatable bonds is 4. The van der Waals surface area contributed by atoms with Crippen LogP contribution < -0.4 is 0 Å². The lowest BCUT2D eigenvalue weighted by Crippen LogP contribution is -2.45. The molecule has 1 rings (SSSR count). The smallest absolute Gasteiger partial charge is 0.313 e. The summed E-state index contributed by atoms with van der Waals surface area (Å²) >= 11 is 0. The zero-order chi connectivity index (χ0) is 9.90. The molecule has 0 amide bonds. The van der Waals surface area contributed by atoms with Crippen molar-refractivity contribution in [3.05, 3.63) is 12.2 Å². The van der Waals surface area contributed by atoms with Crippen LogP contribution in [0.25, 0.3) is 0 Å². The highest BCUT2D eigenvalue weighted by molar-refractivity contribution is 5.78. The zero-order valence-corrected chi connectivity index (χ0v) is 7.86. The lowest BCUT2D eigenvalue weighted by Gasteiger charge is -2.39. The largest absolute Gasteiger partial charge is 0.481 e. The average Bonchev–Trinajstić information content (AvgIpc) is 2.00. The fraction of sp³-hybridized carbons (Fsp3) is 0.700. The molecular formula is C10H16O3. The number of unbranched alkanes of at least 4 members (excludes halogenated alkanes) is 1. The van der Waals surface area contributed by atoms with Gasteiger partial charge in [0.15, 0.2) is 0 Å². The van der Waals surface area contributed by atoms with E-state index in [1.807, 2.05) is 13.0 Å². The molecule has 1 saturated carbocycles. The van der Waals surface area contributed by atoms with Crippen LogP contribution in [-0.2, 0) is 4.79 Å². The molecule has 0 saturated heterocycles. The van der Waals surface area contributed by atoms with Crippen molar-refractivity contribution in [1.29, 1.82) is 0 Å². The second-order valence-corrected chi connectivity index (χ2v) is 3.71. The predicted octanol–water partition coefficient (Wildman–Crippen LogP) is 1.57. The molecular weight excluding hydrogens is 168 g/mol. The van der Waals surface area contributed by atoms with Crippen molar-refractivity contribution in [2.75, 3.05) is 0 Å². The molecule has 1 aliphatic carbocycles. The summed E-state index contributed by atoms with van der Waals surface area (Å²) in [6, 6.07) is 0. The summed E-state index contributed by atoms with van der Waals surface area (Å²) in [5.74, 6) is -0.815. The van der Waals surface area contributed by atoms with E-state index in [0.717, 1.165) is 12.8 Å².